The minimum absolute atomic E-state index is 0.0642. The number of hydrogen-bond acceptors (Lipinski definition) is 6. The minimum Gasteiger partial charge on any atom is -0.266 e. The van der Waals surface area contributed by atoms with Gasteiger partial charge in [0.2, 0.25) is 0 Å². The van der Waals surface area contributed by atoms with Gasteiger partial charge in [-0.15, -0.1) is 0 Å². The third-order valence-electron chi connectivity index (χ3n) is 5.51. The molecule has 8 heteroatoms. The van der Waals surface area contributed by atoms with Crippen molar-refractivity contribution in [2.45, 2.75) is 50.3 Å². The molecule has 0 aromatic heterocycles. The Morgan fingerprint density at radius 2 is 1.10 bits per heavy atom. The van der Waals surface area contributed by atoms with Crippen molar-refractivity contribution in [3.05, 3.63) is 60.7 Å². The Labute approximate surface area is 186 Å². The van der Waals surface area contributed by atoms with E-state index in [2.05, 4.69) is 13.8 Å². The fraction of sp³-hybridized carbons (Fsp3) is 0.478. The second kappa shape index (κ2) is 10.7. The molecule has 0 spiro atoms. The molecule has 2 aromatic carbocycles. The molecule has 0 atom stereocenters. The first-order valence-electron chi connectivity index (χ1n) is 10.4. The highest BCUT2D eigenvalue weighted by Crippen LogP contribution is 2.37. The summed E-state index contributed by atoms with van der Waals surface area (Å²) >= 11 is 0. The first-order chi connectivity index (χ1) is 14.5. The molecule has 0 heterocycles. The van der Waals surface area contributed by atoms with Gasteiger partial charge in [-0.05, 0) is 42.5 Å². The van der Waals surface area contributed by atoms with E-state index < -0.39 is 25.7 Å². The number of benzene rings is 2. The summed E-state index contributed by atoms with van der Waals surface area (Å²) in [7, 11) is -7.95. The van der Waals surface area contributed by atoms with E-state index in [-0.39, 0.29) is 28.9 Å². The zero-order chi connectivity index (χ0) is 23.1. The lowest BCUT2D eigenvalue weighted by atomic mass is 9.74. The molecule has 6 nitrogen and oxygen atoms in total. The average molecular weight is 469 g/mol. The number of rotatable bonds is 12. The molecular weight excluding hydrogens is 436 g/mol. The summed E-state index contributed by atoms with van der Waals surface area (Å²) in [5, 5.41) is 0. The summed E-state index contributed by atoms with van der Waals surface area (Å²) in [6, 6.07) is 15.8. The Bertz CT molecular complexity index is 941. The van der Waals surface area contributed by atoms with Crippen LogP contribution in [0.25, 0.3) is 0 Å². The lowest BCUT2D eigenvalue weighted by molar-refractivity contribution is 0.0293. The van der Waals surface area contributed by atoms with Crippen LogP contribution in [0.1, 0.15) is 40.5 Å². The lowest BCUT2D eigenvalue weighted by Gasteiger charge is -2.37. The quantitative estimate of drug-likeness (QED) is 0.413. The molecule has 172 valence electrons. The molecule has 0 amide bonds. The highest BCUT2D eigenvalue weighted by Gasteiger charge is 2.38. The topological polar surface area (TPSA) is 86.7 Å². The van der Waals surface area contributed by atoms with Crippen LogP contribution >= 0.6 is 0 Å². The van der Waals surface area contributed by atoms with Crippen LogP contribution < -0.4 is 0 Å². The van der Waals surface area contributed by atoms with Gasteiger partial charge in [0.25, 0.3) is 20.2 Å². The van der Waals surface area contributed by atoms with Crippen molar-refractivity contribution < 1.29 is 25.2 Å². The molecule has 0 N–H and O–H groups in total. The molecular formula is C23H32O6S2. The molecule has 0 aliphatic carbocycles. The fourth-order valence-electron chi connectivity index (χ4n) is 3.08. The van der Waals surface area contributed by atoms with Crippen molar-refractivity contribution in [2.75, 3.05) is 13.2 Å². The van der Waals surface area contributed by atoms with E-state index in [1.165, 1.54) is 24.3 Å². The van der Waals surface area contributed by atoms with Gasteiger partial charge in [0.15, 0.2) is 0 Å². The molecule has 0 unspecified atom stereocenters. The number of hydrogen-bond donors (Lipinski definition) is 0. The summed E-state index contributed by atoms with van der Waals surface area (Å²) in [4.78, 5) is 0.128. The minimum atomic E-state index is -3.98. The maximum atomic E-state index is 12.7. The van der Waals surface area contributed by atoms with E-state index in [4.69, 9.17) is 8.37 Å². The first kappa shape index (κ1) is 25.5. The van der Waals surface area contributed by atoms with Crippen molar-refractivity contribution in [1.82, 2.24) is 0 Å². The van der Waals surface area contributed by atoms with Gasteiger partial charge in [0.1, 0.15) is 0 Å². The third-order valence-corrected chi connectivity index (χ3v) is 8.07. The van der Waals surface area contributed by atoms with E-state index in [0.29, 0.717) is 12.3 Å². The normalized spacial score (nSPS) is 13.1. The van der Waals surface area contributed by atoms with E-state index >= 15 is 0 Å². The Kier molecular flexibility index (Phi) is 8.83. The Hall–Kier alpha value is -1.74. The van der Waals surface area contributed by atoms with Crippen LogP contribution in [0.15, 0.2) is 70.5 Å². The zero-order valence-electron chi connectivity index (χ0n) is 18.5. The van der Waals surface area contributed by atoms with E-state index in [1.54, 1.807) is 36.4 Å². The molecule has 0 saturated carbocycles. The highest BCUT2D eigenvalue weighted by molar-refractivity contribution is 7.87. The summed E-state index contributed by atoms with van der Waals surface area (Å²) in [6.07, 6.45) is 1.35. The Morgan fingerprint density at radius 3 is 1.42 bits per heavy atom. The van der Waals surface area contributed by atoms with Gasteiger partial charge in [-0.3, -0.25) is 8.37 Å². The predicted octanol–water partition coefficient (Wildman–Crippen LogP) is 4.88. The van der Waals surface area contributed by atoms with E-state index in [9.17, 15) is 16.8 Å². The van der Waals surface area contributed by atoms with Crippen LogP contribution in [0, 0.1) is 17.3 Å². The van der Waals surface area contributed by atoms with Crippen LogP contribution in [-0.2, 0) is 28.6 Å². The maximum absolute atomic E-state index is 12.7. The largest absolute Gasteiger partial charge is 0.296 e. The third kappa shape index (κ3) is 7.14. The van der Waals surface area contributed by atoms with Gasteiger partial charge < -0.3 is 0 Å². The monoisotopic (exact) mass is 468 g/mol. The van der Waals surface area contributed by atoms with Crippen molar-refractivity contribution in [3.63, 3.8) is 0 Å². The van der Waals surface area contributed by atoms with Gasteiger partial charge in [0.05, 0.1) is 23.0 Å². The van der Waals surface area contributed by atoms with Crippen molar-refractivity contribution in [2.24, 2.45) is 17.3 Å². The van der Waals surface area contributed by atoms with Gasteiger partial charge >= 0.3 is 0 Å². The van der Waals surface area contributed by atoms with Crippen LogP contribution in [0.5, 0.6) is 0 Å². The Morgan fingerprint density at radius 1 is 0.710 bits per heavy atom. The molecule has 2 aromatic rings. The molecule has 0 radical (unpaired) electrons. The maximum Gasteiger partial charge on any atom is 0.296 e. The summed E-state index contributed by atoms with van der Waals surface area (Å²) in [5.74, 6) is 0.276. The van der Waals surface area contributed by atoms with Gasteiger partial charge in [0, 0.05) is 5.41 Å². The van der Waals surface area contributed by atoms with Gasteiger partial charge in [-0.25, -0.2) is 0 Å². The summed E-state index contributed by atoms with van der Waals surface area (Å²) in [5.41, 5.74) is -0.798. The molecule has 0 saturated heterocycles. The van der Waals surface area contributed by atoms with Crippen LogP contribution in [0.2, 0.25) is 0 Å². The standard InChI is InChI=1S/C23H32O6S2/c1-19(2)15-16-23(20(3)4,17-28-30(24,25)21-11-7-5-8-12-21)18-29-31(26,27)22-13-9-6-10-14-22/h5-14,19-20H,15-18H2,1-4H3. The molecule has 0 fully saturated rings. The molecule has 0 aliphatic rings. The first-order valence-corrected chi connectivity index (χ1v) is 13.2. The van der Waals surface area contributed by atoms with Crippen LogP contribution in [0.3, 0.4) is 0 Å². The molecule has 2 rings (SSSR count). The Balaban J connectivity index is 2.27. The van der Waals surface area contributed by atoms with Crippen molar-refractivity contribution in [3.8, 4) is 0 Å². The summed E-state index contributed by atoms with van der Waals surface area (Å²) in [6.45, 7) is 7.65. The highest BCUT2D eigenvalue weighted by atomic mass is 32.2. The van der Waals surface area contributed by atoms with Gasteiger partial charge in [-0.1, -0.05) is 70.5 Å². The van der Waals surface area contributed by atoms with Crippen molar-refractivity contribution >= 4 is 20.2 Å². The summed E-state index contributed by atoms with van der Waals surface area (Å²) < 4.78 is 61.6. The SMILES string of the molecule is CC(C)CCC(COS(=O)(=O)c1ccccc1)(COS(=O)(=O)c1ccccc1)C(C)C. The molecule has 0 aliphatic heterocycles. The predicted molar refractivity (Wildman–Crippen MR) is 121 cm³/mol. The smallest absolute Gasteiger partial charge is 0.266 e. The van der Waals surface area contributed by atoms with Crippen molar-refractivity contribution in [1.29, 1.82) is 0 Å². The zero-order valence-corrected chi connectivity index (χ0v) is 20.2. The molecule has 31 heavy (non-hydrogen) atoms. The van der Waals surface area contributed by atoms with E-state index in [0.717, 1.165) is 6.42 Å². The van der Waals surface area contributed by atoms with Gasteiger partial charge in [-0.2, -0.15) is 16.8 Å². The van der Waals surface area contributed by atoms with E-state index in [1.807, 2.05) is 13.8 Å². The lowest BCUT2D eigenvalue weighted by Crippen LogP contribution is -2.39. The second-order valence-corrected chi connectivity index (χ2v) is 11.7. The average Bonchev–Trinajstić information content (AvgIpc) is 2.74. The fourth-order valence-corrected chi connectivity index (χ4v) is 5.12. The second-order valence-electron chi connectivity index (χ2n) is 8.51. The van der Waals surface area contributed by atoms with Crippen LogP contribution in [-0.4, -0.2) is 30.0 Å². The molecule has 0 bridgehead atoms. The van der Waals surface area contributed by atoms with Crippen LogP contribution in [0.4, 0.5) is 0 Å².